The van der Waals surface area contributed by atoms with E-state index in [1.807, 2.05) is 6.07 Å². The molecule has 6 nitrogen and oxygen atoms in total. The maximum absolute atomic E-state index is 14.8. The van der Waals surface area contributed by atoms with Gasteiger partial charge in [-0.3, -0.25) is 9.59 Å². The van der Waals surface area contributed by atoms with Gasteiger partial charge in [-0.2, -0.15) is 18.4 Å². The molecule has 192 valence electrons. The quantitative estimate of drug-likeness (QED) is 0.262. The Morgan fingerprint density at radius 3 is 2.54 bits per heavy atom. The predicted octanol–water partition coefficient (Wildman–Crippen LogP) is 5.86. The first kappa shape index (κ1) is 27.7. The van der Waals surface area contributed by atoms with Crippen molar-refractivity contribution >= 4 is 35.0 Å². The van der Waals surface area contributed by atoms with Crippen LogP contribution in [-0.2, 0) is 20.5 Å². The van der Waals surface area contributed by atoms with Crippen LogP contribution < -0.4 is 5.32 Å². The van der Waals surface area contributed by atoms with E-state index in [0.29, 0.717) is 0 Å². The summed E-state index contributed by atoms with van der Waals surface area (Å²) >= 11 is 0.796. The summed E-state index contributed by atoms with van der Waals surface area (Å²) < 4.78 is 59.7. The fraction of sp³-hybridized carbons (Fsp3) is 0.231. The number of anilines is 1. The molecule has 0 fully saturated rings. The average Bonchev–Trinajstić information content (AvgIpc) is 2.85. The van der Waals surface area contributed by atoms with Gasteiger partial charge in [0, 0.05) is 11.6 Å². The van der Waals surface area contributed by atoms with Crippen LogP contribution in [0, 0.1) is 23.1 Å². The number of allylic oxidation sites excluding steroid dienone is 1. The summed E-state index contributed by atoms with van der Waals surface area (Å²) in [5, 5.41) is 12.2. The molecule has 1 N–H and O–H groups in total. The lowest BCUT2D eigenvalue weighted by Crippen LogP contribution is -2.34. The van der Waals surface area contributed by atoms with E-state index >= 15 is 0 Å². The number of rotatable bonds is 8. The van der Waals surface area contributed by atoms with Gasteiger partial charge in [0.2, 0.25) is 5.91 Å². The van der Waals surface area contributed by atoms with Crippen molar-refractivity contribution in [1.82, 2.24) is 0 Å². The highest BCUT2D eigenvalue weighted by atomic mass is 32.2. The fourth-order valence-corrected chi connectivity index (χ4v) is 4.69. The van der Waals surface area contributed by atoms with Crippen LogP contribution in [-0.4, -0.2) is 29.9 Å². The third-order valence-corrected chi connectivity index (χ3v) is 6.40. The first-order valence-corrected chi connectivity index (χ1v) is 11.9. The molecular formula is C26H21F4N3O3S. The molecule has 0 radical (unpaired) electrons. The number of ether oxygens (including phenoxy) is 1. The Kier molecular flexibility index (Phi) is 8.89. The highest BCUT2D eigenvalue weighted by Gasteiger charge is 2.41. The van der Waals surface area contributed by atoms with E-state index in [9.17, 15) is 32.4 Å². The normalized spacial score (nSPS) is 17.5. The number of nitrogens with one attached hydrogen (secondary N) is 1. The highest BCUT2D eigenvalue weighted by Crippen LogP contribution is 2.43. The van der Waals surface area contributed by atoms with Crippen LogP contribution in [0.1, 0.15) is 24.0 Å². The van der Waals surface area contributed by atoms with Crippen LogP contribution in [0.3, 0.4) is 0 Å². The minimum Gasteiger partial charge on any atom is -0.461 e. The maximum atomic E-state index is 14.8. The molecule has 1 amide bonds. The molecule has 1 unspecified atom stereocenters. The van der Waals surface area contributed by atoms with E-state index in [2.05, 4.69) is 16.9 Å². The maximum Gasteiger partial charge on any atom is 0.418 e. The number of hydrogen-bond acceptors (Lipinski definition) is 6. The van der Waals surface area contributed by atoms with E-state index in [1.165, 1.54) is 43.3 Å². The molecule has 0 saturated carbocycles. The Labute approximate surface area is 214 Å². The highest BCUT2D eigenvalue weighted by molar-refractivity contribution is 8.03. The number of para-hydroxylation sites is 1. The summed E-state index contributed by atoms with van der Waals surface area (Å²) in [5.74, 6) is -4.73. The van der Waals surface area contributed by atoms with Crippen LogP contribution in [0.25, 0.3) is 0 Å². The number of amides is 1. The number of nitrogens with zero attached hydrogens (tertiary/aromatic N) is 2. The van der Waals surface area contributed by atoms with Crippen LogP contribution in [0.4, 0.5) is 23.2 Å². The Bertz CT molecular complexity index is 1310. The Balaban J connectivity index is 1.92. The lowest BCUT2D eigenvalue weighted by Gasteiger charge is -2.30. The van der Waals surface area contributed by atoms with E-state index < -0.39 is 47.0 Å². The molecule has 0 spiro atoms. The molecule has 2 aromatic rings. The Hall–Kier alpha value is -3.91. The second kappa shape index (κ2) is 11.9. The molecule has 11 heteroatoms. The van der Waals surface area contributed by atoms with Crippen LogP contribution in [0.2, 0.25) is 0 Å². The Morgan fingerprint density at radius 2 is 1.89 bits per heavy atom. The number of aliphatic imine (C=N–C) groups is 1. The van der Waals surface area contributed by atoms with Gasteiger partial charge in [-0.15, -0.1) is 0 Å². The largest absolute Gasteiger partial charge is 0.461 e. The summed E-state index contributed by atoms with van der Waals surface area (Å²) in [4.78, 5) is 29.7. The van der Waals surface area contributed by atoms with Crippen LogP contribution in [0.15, 0.2) is 76.8 Å². The van der Waals surface area contributed by atoms with E-state index in [1.54, 1.807) is 6.07 Å². The number of thioether (sulfide) groups is 1. The number of hydrogen-bond donors (Lipinski definition) is 1. The summed E-state index contributed by atoms with van der Waals surface area (Å²) in [6.45, 7) is 4.91. The molecule has 1 aliphatic rings. The molecule has 1 aliphatic heterocycles. The SMILES string of the molecule is C=CCOC(=O)C1C(C)=NC(SCC(=O)Nc2ccccc2C(F)(F)F)=C(C#N)[C@H]1c1ccccc1F. The first-order valence-electron chi connectivity index (χ1n) is 10.9. The second-order valence-electron chi connectivity index (χ2n) is 7.86. The zero-order valence-corrected chi connectivity index (χ0v) is 20.3. The smallest absolute Gasteiger partial charge is 0.418 e. The molecule has 1 heterocycles. The first-order chi connectivity index (χ1) is 17.6. The molecule has 0 aromatic heterocycles. The number of nitriles is 1. The molecule has 2 atom stereocenters. The van der Waals surface area contributed by atoms with Gasteiger partial charge in [0.1, 0.15) is 23.4 Å². The lowest BCUT2D eigenvalue weighted by atomic mass is 9.77. The van der Waals surface area contributed by atoms with Gasteiger partial charge in [0.15, 0.2) is 0 Å². The van der Waals surface area contributed by atoms with Crippen molar-refractivity contribution in [2.45, 2.75) is 19.0 Å². The molecule has 3 rings (SSSR count). The van der Waals surface area contributed by atoms with Gasteiger partial charge < -0.3 is 10.1 Å². The van der Waals surface area contributed by atoms with Crippen molar-refractivity contribution in [2.24, 2.45) is 10.9 Å². The fourth-order valence-electron chi connectivity index (χ4n) is 3.82. The minimum absolute atomic E-state index is 0.0558. The van der Waals surface area contributed by atoms with Crippen molar-refractivity contribution in [3.63, 3.8) is 0 Å². The standard InChI is InChI=1S/C26H21F4N3O3S/c1-3-12-36-25(35)22-15(2)32-24(17(13-31)23(22)16-8-4-6-10-19(16)27)37-14-21(34)33-20-11-7-5-9-18(20)26(28,29)30/h3-11,22-23H,1,12,14H2,2H3,(H,33,34)/t22?,23-/m1/s1. The van der Waals surface area contributed by atoms with Crippen molar-refractivity contribution in [2.75, 3.05) is 17.7 Å². The van der Waals surface area contributed by atoms with Gasteiger partial charge in [-0.25, -0.2) is 9.38 Å². The number of carbonyl (C=O) groups is 2. The summed E-state index contributed by atoms with van der Waals surface area (Å²) in [6.07, 6.45) is -3.30. The number of esters is 1. The lowest BCUT2D eigenvalue weighted by molar-refractivity contribution is -0.145. The topological polar surface area (TPSA) is 91.5 Å². The van der Waals surface area contributed by atoms with Crippen molar-refractivity contribution < 1.29 is 31.9 Å². The number of benzene rings is 2. The average molecular weight is 532 g/mol. The number of carbonyl (C=O) groups excluding carboxylic acids is 2. The molecule has 2 aromatic carbocycles. The van der Waals surface area contributed by atoms with Gasteiger partial charge in [-0.1, -0.05) is 54.7 Å². The molecule has 0 aliphatic carbocycles. The zero-order chi connectivity index (χ0) is 27.2. The molecule has 0 saturated heterocycles. The Morgan fingerprint density at radius 1 is 1.22 bits per heavy atom. The van der Waals surface area contributed by atoms with Crippen molar-refractivity contribution in [1.29, 1.82) is 5.26 Å². The zero-order valence-electron chi connectivity index (χ0n) is 19.5. The summed E-state index contributed by atoms with van der Waals surface area (Å²) in [6, 6.07) is 12.1. The van der Waals surface area contributed by atoms with Gasteiger partial charge in [-0.05, 0) is 30.7 Å². The second-order valence-corrected chi connectivity index (χ2v) is 8.82. The number of halogens is 4. The van der Waals surface area contributed by atoms with E-state index in [4.69, 9.17) is 4.74 Å². The van der Waals surface area contributed by atoms with Crippen LogP contribution >= 0.6 is 11.8 Å². The van der Waals surface area contributed by atoms with Crippen molar-refractivity contribution in [3.05, 3.63) is 88.7 Å². The molecule has 0 bridgehead atoms. The minimum atomic E-state index is -4.67. The summed E-state index contributed by atoms with van der Waals surface area (Å²) in [7, 11) is 0. The van der Waals surface area contributed by atoms with Gasteiger partial charge in [0.25, 0.3) is 0 Å². The van der Waals surface area contributed by atoms with Crippen molar-refractivity contribution in [3.8, 4) is 6.07 Å². The molecular weight excluding hydrogens is 510 g/mol. The van der Waals surface area contributed by atoms with Gasteiger partial charge in [0.05, 0.1) is 28.6 Å². The summed E-state index contributed by atoms with van der Waals surface area (Å²) in [5.41, 5.74) is -1.18. The van der Waals surface area contributed by atoms with Gasteiger partial charge >= 0.3 is 12.1 Å². The van der Waals surface area contributed by atoms with E-state index in [0.717, 1.165) is 23.9 Å². The predicted molar refractivity (Wildman–Crippen MR) is 132 cm³/mol. The third kappa shape index (κ3) is 6.46. The van der Waals surface area contributed by atoms with E-state index in [-0.39, 0.29) is 34.2 Å². The third-order valence-electron chi connectivity index (χ3n) is 5.41. The number of alkyl halides is 3. The molecule has 37 heavy (non-hydrogen) atoms. The monoisotopic (exact) mass is 531 g/mol. The van der Waals surface area contributed by atoms with Crippen LogP contribution in [0.5, 0.6) is 0 Å².